The summed E-state index contributed by atoms with van der Waals surface area (Å²) in [6, 6.07) is 0.464. The Kier molecular flexibility index (Phi) is 2.93. The minimum Gasteiger partial charge on any atom is -0.381 e. The lowest BCUT2D eigenvalue weighted by molar-refractivity contribution is 0.0903. The van der Waals surface area contributed by atoms with Crippen molar-refractivity contribution in [3.63, 3.8) is 0 Å². The Labute approximate surface area is 83.7 Å². The van der Waals surface area contributed by atoms with Crippen LogP contribution in [0.15, 0.2) is 12.4 Å². The summed E-state index contributed by atoms with van der Waals surface area (Å²) in [7, 11) is 0. The van der Waals surface area contributed by atoms with Crippen LogP contribution in [0.2, 0.25) is 0 Å². The third kappa shape index (κ3) is 2.42. The van der Waals surface area contributed by atoms with Crippen LogP contribution in [0.25, 0.3) is 0 Å². The van der Waals surface area contributed by atoms with Gasteiger partial charge in [-0.1, -0.05) is 0 Å². The largest absolute Gasteiger partial charge is 0.381 e. The Bertz CT molecular complexity index is 280. The molecule has 1 aliphatic heterocycles. The van der Waals surface area contributed by atoms with Gasteiger partial charge in [-0.15, -0.1) is 0 Å². The molecule has 1 fully saturated rings. The highest BCUT2D eigenvalue weighted by Gasteiger charge is 2.13. The van der Waals surface area contributed by atoms with Crippen LogP contribution < -0.4 is 5.32 Å². The molecule has 4 heteroatoms. The van der Waals surface area contributed by atoms with Gasteiger partial charge in [0, 0.05) is 31.6 Å². The zero-order chi connectivity index (χ0) is 9.80. The average Bonchev–Trinajstić information content (AvgIpc) is 2.23. The van der Waals surface area contributed by atoms with Crippen LogP contribution >= 0.6 is 0 Å². The summed E-state index contributed by atoms with van der Waals surface area (Å²) in [6.45, 7) is 3.66. The molecule has 2 rings (SSSR count). The van der Waals surface area contributed by atoms with Gasteiger partial charge in [-0.3, -0.25) is 0 Å². The van der Waals surface area contributed by atoms with Gasteiger partial charge in [0.25, 0.3) is 0 Å². The fourth-order valence-electron chi connectivity index (χ4n) is 1.49. The van der Waals surface area contributed by atoms with Gasteiger partial charge in [0.1, 0.15) is 0 Å². The fourth-order valence-corrected chi connectivity index (χ4v) is 1.49. The van der Waals surface area contributed by atoms with Gasteiger partial charge < -0.3 is 10.1 Å². The molecule has 0 spiro atoms. The molecule has 1 aliphatic rings. The van der Waals surface area contributed by atoms with E-state index in [4.69, 9.17) is 4.74 Å². The number of nitrogens with zero attached hydrogens (tertiary/aromatic N) is 2. The summed E-state index contributed by atoms with van der Waals surface area (Å²) in [5, 5.41) is 3.31. The van der Waals surface area contributed by atoms with E-state index < -0.39 is 0 Å². The van der Waals surface area contributed by atoms with Crippen molar-refractivity contribution in [3.05, 3.63) is 18.0 Å². The van der Waals surface area contributed by atoms with Gasteiger partial charge in [0.05, 0.1) is 0 Å². The minimum atomic E-state index is 0.464. The smallest absolute Gasteiger partial charge is 0.222 e. The molecule has 0 bridgehead atoms. The number of aromatic nitrogens is 2. The Morgan fingerprint density at radius 1 is 1.29 bits per heavy atom. The highest BCUT2D eigenvalue weighted by Crippen LogP contribution is 2.11. The van der Waals surface area contributed by atoms with E-state index in [2.05, 4.69) is 15.3 Å². The second-order valence-electron chi connectivity index (χ2n) is 3.62. The first-order valence-electron chi connectivity index (χ1n) is 4.97. The van der Waals surface area contributed by atoms with E-state index in [-0.39, 0.29) is 0 Å². The molecule has 1 saturated heterocycles. The lowest BCUT2D eigenvalue weighted by atomic mass is 10.1. The average molecular weight is 193 g/mol. The van der Waals surface area contributed by atoms with Crippen LogP contribution in [-0.4, -0.2) is 29.2 Å². The Morgan fingerprint density at radius 3 is 2.57 bits per heavy atom. The molecule has 0 aliphatic carbocycles. The molecule has 0 radical (unpaired) electrons. The monoisotopic (exact) mass is 193 g/mol. The summed E-state index contributed by atoms with van der Waals surface area (Å²) in [6.07, 6.45) is 5.73. The molecule has 1 N–H and O–H groups in total. The van der Waals surface area contributed by atoms with Crippen molar-refractivity contribution in [1.82, 2.24) is 9.97 Å². The lowest BCUT2D eigenvalue weighted by Gasteiger charge is -2.22. The van der Waals surface area contributed by atoms with Crippen LogP contribution in [0, 0.1) is 6.92 Å². The van der Waals surface area contributed by atoms with Gasteiger partial charge in [-0.05, 0) is 25.3 Å². The zero-order valence-electron chi connectivity index (χ0n) is 8.36. The van der Waals surface area contributed by atoms with Crippen LogP contribution in [0.5, 0.6) is 0 Å². The van der Waals surface area contributed by atoms with Gasteiger partial charge >= 0.3 is 0 Å². The fraction of sp³-hybridized carbons (Fsp3) is 0.600. The van der Waals surface area contributed by atoms with Crippen molar-refractivity contribution < 1.29 is 4.74 Å². The molecule has 1 aromatic rings. The van der Waals surface area contributed by atoms with Crippen LogP contribution in [0.4, 0.5) is 5.95 Å². The quantitative estimate of drug-likeness (QED) is 0.770. The van der Waals surface area contributed by atoms with Crippen LogP contribution in [0.1, 0.15) is 18.4 Å². The molecule has 1 aromatic heterocycles. The van der Waals surface area contributed by atoms with Gasteiger partial charge in [0.2, 0.25) is 5.95 Å². The Balaban J connectivity index is 1.92. The number of hydrogen-bond acceptors (Lipinski definition) is 4. The maximum atomic E-state index is 5.28. The molecule has 0 amide bonds. The SMILES string of the molecule is Cc1cnc(NC2CCOCC2)nc1. The van der Waals surface area contributed by atoms with Gasteiger partial charge in [-0.25, -0.2) is 9.97 Å². The first kappa shape index (κ1) is 9.40. The normalized spacial score (nSPS) is 18.1. The number of hydrogen-bond donors (Lipinski definition) is 1. The predicted octanol–water partition coefficient (Wildman–Crippen LogP) is 1.38. The molecule has 0 unspecified atom stereocenters. The van der Waals surface area contributed by atoms with Crippen LogP contribution in [-0.2, 0) is 4.74 Å². The minimum absolute atomic E-state index is 0.464. The molecule has 4 nitrogen and oxygen atoms in total. The van der Waals surface area contributed by atoms with Crippen LogP contribution in [0.3, 0.4) is 0 Å². The summed E-state index contributed by atoms with van der Waals surface area (Å²) < 4.78 is 5.28. The number of nitrogens with one attached hydrogen (secondary N) is 1. The van der Waals surface area contributed by atoms with E-state index in [1.165, 1.54) is 0 Å². The third-order valence-electron chi connectivity index (χ3n) is 2.34. The van der Waals surface area contributed by atoms with E-state index in [0.717, 1.165) is 37.6 Å². The number of rotatable bonds is 2. The maximum Gasteiger partial charge on any atom is 0.222 e. The van der Waals surface area contributed by atoms with Gasteiger partial charge in [-0.2, -0.15) is 0 Å². The summed E-state index contributed by atoms with van der Waals surface area (Å²) in [5.74, 6) is 0.725. The number of anilines is 1. The first-order valence-corrected chi connectivity index (χ1v) is 4.97. The molecular weight excluding hydrogens is 178 g/mol. The number of ether oxygens (including phenoxy) is 1. The molecular formula is C10H15N3O. The van der Waals surface area contributed by atoms with Crippen molar-refractivity contribution in [1.29, 1.82) is 0 Å². The van der Waals surface area contributed by atoms with Crippen molar-refractivity contribution in [2.45, 2.75) is 25.8 Å². The van der Waals surface area contributed by atoms with E-state index in [1.54, 1.807) is 0 Å². The Morgan fingerprint density at radius 2 is 1.93 bits per heavy atom. The lowest BCUT2D eigenvalue weighted by Crippen LogP contribution is -2.28. The van der Waals surface area contributed by atoms with Gasteiger partial charge in [0.15, 0.2) is 0 Å². The maximum absolute atomic E-state index is 5.28. The van der Waals surface area contributed by atoms with E-state index >= 15 is 0 Å². The molecule has 0 atom stereocenters. The second kappa shape index (κ2) is 4.37. The predicted molar refractivity (Wildman–Crippen MR) is 54.2 cm³/mol. The highest BCUT2D eigenvalue weighted by molar-refractivity contribution is 5.26. The topological polar surface area (TPSA) is 47.0 Å². The molecule has 2 heterocycles. The van der Waals surface area contributed by atoms with Crippen molar-refractivity contribution >= 4 is 5.95 Å². The van der Waals surface area contributed by atoms with Crippen molar-refractivity contribution in [3.8, 4) is 0 Å². The highest BCUT2D eigenvalue weighted by atomic mass is 16.5. The zero-order valence-corrected chi connectivity index (χ0v) is 8.36. The summed E-state index contributed by atoms with van der Waals surface area (Å²) in [4.78, 5) is 8.42. The first-order chi connectivity index (χ1) is 6.84. The van der Waals surface area contributed by atoms with E-state index in [1.807, 2.05) is 19.3 Å². The summed E-state index contributed by atoms with van der Waals surface area (Å²) >= 11 is 0. The van der Waals surface area contributed by atoms with E-state index in [0.29, 0.717) is 6.04 Å². The molecule has 76 valence electrons. The molecule has 0 aromatic carbocycles. The third-order valence-corrected chi connectivity index (χ3v) is 2.34. The summed E-state index contributed by atoms with van der Waals surface area (Å²) in [5.41, 5.74) is 1.09. The second-order valence-corrected chi connectivity index (χ2v) is 3.62. The van der Waals surface area contributed by atoms with Crippen molar-refractivity contribution in [2.24, 2.45) is 0 Å². The number of aryl methyl sites for hydroxylation is 1. The van der Waals surface area contributed by atoms with Crippen molar-refractivity contribution in [2.75, 3.05) is 18.5 Å². The molecule has 14 heavy (non-hydrogen) atoms. The standard InChI is InChI=1S/C10H15N3O/c1-8-6-11-10(12-7-8)13-9-2-4-14-5-3-9/h6-7,9H,2-5H2,1H3,(H,11,12,13). The van der Waals surface area contributed by atoms with E-state index in [9.17, 15) is 0 Å². The molecule has 0 saturated carbocycles. The Hall–Kier alpha value is -1.16.